The van der Waals surface area contributed by atoms with Gasteiger partial charge in [-0.15, -0.1) is 0 Å². The summed E-state index contributed by atoms with van der Waals surface area (Å²) in [6.45, 7) is 5.75. The second-order valence-corrected chi connectivity index (χ2v) is 4.65. The number of hydrogen-bond acceptors (Lipinski definition) is 3. The summed E-state index contributed by atoms with van der Waals surface area (Å²) in [7, 11) is 0. The second-order valence-electron chi connectivity index (χ2n) is 4.65. The van der Waals surface area contributed by atoms with E-state index in [9.17, 15) is 5.11 Å². The van der Waals surface area contributed by atoms with E-state index in [2.05, 4.69) is 19.2 Å². The summed E-state index contributed by atoms with van der Waals surface area (Å²) in [6, 6.07) is 0. The van der Waals surface area contributed by atoms with Gasteiger partial charge in [0.2, 0.25) is 0 Å². The van der Waals surface area contributed by atoms with Crippen molar-refractivity contribution in [3.63, 3.8) is 0 Å². The fourth-order valence-electron chi connectivity index (χ4n) is 1.77. The summed E-state index contributed by atoms with van der Waals surface area (Å²) < 4.78 is 5.42. The normalized spacial score (nSPS) is 22.8. The van der Waals surface area contributed by atoms with Crippen LogP contribution in [0.5, 0.6) is 0 Å². The number of aliphatic hydroxyl groups excluding tert-OH is 1. The first-order valence-electron chi connectivity index (χ1n) is 5.87. The van der Waals surface area contributed by atoms with Gasteiger partial charge in [-0.3, -0.25) is 0 Å². The predicted octanol–water partition coefficient (Wildman–Crippen LogP) is 1.68. The van der Waals surface area contributed by atoms with E-state index < -0.39 is 0 Å². The lowest BCUT2D eigenvalue weighted by Crippen LogP contribution is -2.34. The summed E-state index contributed by atoms with van der Waals surface area (Å²) in [5, 5.41) is 12.9. The maximum atomic E-state index is 9.63. The van der Waals surface area contributed by atoms with Crippen LogP contribution in [0.4, 0.5) is 0 Å². The predicted molar refractivity (Wildman–Crippen MR) is 61.6 cm³/mol. The fourth-order valence-corrected chi connectivity index (χ4v) is 1.77. The standard InChI is InChI=1S/C12H23NO2/c1-10(2)7-11(14)8-13-9-12-5-3-4-6-15-12/h4,6,10-14H,3,5,7-9H2,1-2H3. The van der Waals surface area contributed by atoms with Crippen molar-refractivity contribution in [2.45, 2.75) is 45.3 Å². The van der Waals surface area contributed by atoms with Crippen LogP contribution in [-0.4, -0.2) is 30.4 Å². The Bertz CT molecular complexity index is 192. The van der Waals surface area contributed by atoms with Crippen molar-refractivity contribution in [3.8, 4) is 0 Å². The summed E-state index contributed by atoms with van der Waals surface area (Å²) in [5.41, 5.74) is 0. The molecular formula is C12H23NO2. The summed E-state index contributed by atoms with van der Waals surface area (Å²) in [6.07, 6.45) is 6.90. The number of allylic oxidation sites excluding steroid dienone is 1. The highest BCUT2D eigenvalue weighted by atomic mass is 16.5. The zero-order valence-electron chi connectivity index (χ0n) is 9.78. The van der Waals surface area contributed by atoms with E-state index in [4.69, 9.17) is 4.74 Å². The lowest BCUT2D eigenvalue weighted by molar-refractivity contribution is 0.108. The van der Waals surface area contributed by atoms with Crippen molar-refractivity contribution >= 4 is 0 Å². The minimum atomic E-state index is -0.232. The number of rotatable bonds is 6. The topological polar surface area (TPSA) is 41.5 Å². The molecule has 0 aromatic rings. The molecule has 0 aromatic heterocycles. The van der Waals surface area contributed by atoms with Gasteiger partial charge in [0.15, 0.2) is 0 Å². The zero-order valence-corrected chi connectivity index (χ0v) is 9.78. The molecule has 0 radical (unpaired) electrons. The van der Waals surface area contributed by atoms with Gasteiger partial charge >= 0.3 is 0 Å². The summed E-state index contributed by atoms with van der Waals surface area (Å²) in [5.74, 6) is 0.552. The molecule has 2 atom stereocenters. The molecule has 0 fully saturated rings. The van der Waals surface area contributed by atoms with E-state index in [0.717, 1.165) is 25.8 Å². The highest BCUT2D eigenvalue weighted by Crippen LogP contribution is 2.09. The molecular weight excluding hydrogens is 190 g/mol. The van der Waals surface area contributed by atoms with Crippen LogP contribution in [0, 0.1) is 5.92 Å². The van der Waals surface area contributed by atoms with Crippen LogP contribution >= 0.6 is 0 Å². The van der Waals surface area contributed by atoms with Gasteiger partial charge in [0.05, 0.1) is 12.4 Å². The Morgan fingerprint density at radius 2 is 2.33 bits per heavy atom. The maximum Gasteiger partial charge on any atom is 0.110 e. The number of hydrogen-bond donors (Lipinski definition) is 2. The molecule has 3 heteroatoms. The highest BCUT2D eigenvalue weighted by molar-refractivity contribution is 4.83. The number of aliphatic hydroxyl groups is 1. The second kappa shape index (κ2) is 6.85. The van der Waals surface area contributed by atoms with Crippen molar-refractivity contribution in [2.24, 2.45) is 5.92 Å². The van der Waals surface area contributed by atoms with Gasteiger partial charge in [-0.05, 0) is 31.3 Å². The lowest BCUT2D eigenvalue weighted by atomic mass is 10.1. The molecule has 0 aliphatic carbocycles. The largest absolute Gasteiger partial charge is 0.497 e. The molecule has 0 saturated carbocycles. The van der Waals surface area contributed by atoms with E-state index in [-0.39, 0.29) is 12.2 Å². The van der Waals surface area contributed by atoms with Crippen molar-refractivity contribution in [1.82, 2.24) is 5.32 Å². The molecule has 15 heavy (non-hydrogen) atoms. The van der Waals surface area contributed by atoms with Crippen LogP contribution < -0.4 is 5.32 Å². The molecule has 0 aromatic carbocycles. The molecule has 0 saturated heterocycles. The van der Waals surface area contributed by atoms with Crippen molar-refractivity contribution in [3.05, 3.63) is 12.3 Å². The van der Waals surface area contributed by atoms with Crippen LogP contribution in [0.15, 0.2) is 12.3 Å². The Labute approximate surface area is 92.5 Å². The zero-order chi connectivity index (χ0) is 11.1. The van der Waals surface area contributed by atoms with Crippen molar-refractivity contribution in [1.29, 1.82) is 0 Å². The average molecular weight is 213 g/mol. The molecule has 2 unspecified atom stereocenters. The average Bonchev–Trinajstić information content (AvgIpc) is 2.18. The van der Waals surface area contributed by atoms with Gasteiger partial charge in [-0.1, -0.05) is 13.8 Å². The van der Waals surface area contributed by atoms with Gasteiger partial charge < -0.3 is 15.2 Å². The molecule has 0 amide bonds. The lowest BCUT2D eigenvalue weighted by Gasteiger charge is -2.21. The van der Waals surface area contributed by atoms with Crippen LogP contribution in [0.2, 0.25) is 0 Å². The van der Waals surface area contributed by atoms with E-state index in [1.165, 1.54) is 0 Å². The molecule has 1 rings (SSSR count). The SMILES string of the molecule is CC(C)CC(O)CNCC1CCC=CO1. The number of ether oxygens (including phenoxy) is 1. The molecule has 88 valence electrons. The monoisotopic (exact) mass is 213 g/mol. The molecule has 0 spiro atoms. The van der Waals surface area contributed by atoms with E-state index in [1.807, 2.05) is 6.08 Å². The minimum Gasteiger partial charge on any atom is -0.497 e. The van der Waals surface area contributed by atoms with Gasteiger partial charge in [0.25, 0.3) is 0 Å². The Kier molecular flexibility index (Phi) is 5.73. The molecule has 2 N–H and O–H groups in total. The summed E-state index contributed by atoms with van der Waals surface area (Å²) >= 11 is 0. The Morgan fingerprint density at radius 1 is 1.53 bits per heavy atom. The van der Waals surface area contributed by atoms with E-state index in [0.29, 0.717) is 12.5 Å². The Balaban J connectivity index is 2.02. The Hall–Kier alpha value is -0.540. The molecule has 3 nitrogen and oxygen atoms in total. The van der Waals surface area contributed by atoms with Gasteiger partial charge in [0.1, 0.15) is 6.10 Å². The van der Waals surface area contributed by atoms with Gasteiger partial charge in [0, 0.05) is 13.1 Å². The van der Waals surface area contributed by atoms with E-state index >= 15 is 0 Å². The van der Waals surface area contributed by atoms with Crippen LogP contribution in [0.1, 0.15) is 33.1 Å². The molecule has 1 aliphatic heterocycles. The quantitative estimate of drug-likeness (QED) is 0.705. The van der Waals surface area contributed by atoms with Crippen LogP contribution in [0.25, 0.3) is 0 Å². The van der Waals surface area contributed by atoms with E-state index in [1.54, 1.807) is 6.26 Å². The smallest absolute Gasteiger partial charge is 0.110 e. The third kappa shape index (κ3) is 5.80. The summed E-state index contributed by atoms with van der Waals surface area (Å²) in [4.78, 5) is 0. The van der Waals surface area contributed by atoms with Gasteiger partial charge in [-0.2, -0.15) is 0 Å². The van der Waals surface area contributed by atoms with Crippen molar-refractivity contribution < 1.29 is 9.84 Å². The molecule has 1 heterocycles. The van der Waals surface area contributed by atoms with Crippen molar-refractivity contribution in [2.75, 3.05) is 13.1 Å². The van der Waals surface area contributed by atoms with Gasteiger partial charge in [-0.25, -0.2) is 0 Å². The minimum absolute atomic E-state index is 0.232. The third-order valence-corrected chi connectivity index (χ3v) is 2.52. The number of nitrogens with one attached hydrogen (secondary N) is 1. The first-order valence-corrected chi connectivity index (χ1v) is 5.87. The first-order chi connectivity index (χ1) is 7.18. The van der Waals surface area contributed by atoms with Crippen LogP contribution in [0.3, 0.4) is 0 Å². The fraction of sp³-hybridized carbons (Fsp3) is 0.833. The molecule has 0 bridgehead atoms. The Morgan fingerprint density at radius 3 is 2.93 bits per heavy atom. The molecule has 1 aliphatic rings. The van der Waals surface area contributed by atoms with Crippen LogP contribution in [-0.2, 0) is 4.74 Å². The third-order valence-electron chi connectivity index (χ3n) is 2.52. The highest BCUT2D eigenvalue weighted by Gasteiger charge is 2.11. The first kappa shape index (κ1) is 12.5. The maximum absolute atomic E-state index is 9.63.